The van der Waals surface area contributed by atoms with Gasteiger partial charge in [0.25, 0.3) is 0 Å². The van der Waals surface area contributed by atoms with Crippen LogP contribution in [0.1, 0.15) is 38.2 Å². The minimum atomic E-state index is -0.146. The van der Waals surface area contributed by atoms with E-state index in [-0.39, 0.29) is 12.6 Å². The fraction of sp³-hybridized carbons (Fsp3) is 0.500. The predicted octanol–water partition coefficient (Wildman–Crippen LogP) is 5.31. The quantitative estimate of drug-likeness (QED) is 0.277. The Kier molecular flexibility index (Phi) is 11.3. The van der Waals surface area contributed by atoms with Crippen LogP contribution in [0.4, 0.5) is 5.95 Å². The van der Waals surface area contributed by atoms with E-state index >= 15 is 0 Å². The summed E-state index contributed by atoms with van der Waals surface area (Å²) >= 11 is 12.6. The maximum Gasteiger partial charge on any atom is 0.305 e. The number of carbonyl (C=O) groups excluding carboxylic acids is 1. The molecular weight excluding hydrogens is 603 g/mol. The summed E-state index contributed by atoms with van der Waals surface area (Å²) in [7, 11) is 1.44. The second-order valence-corrected chi connectivity index (χ2v) is 12.4. The Bertz CT molecular complexity index is 1380. The van der Waals surface area contributed by atoms with Gasteiger partial charge in [-0.2, -0.15) is 0 Å². The lowest BCUT2D eigenvalue weighted by Gasteiger charge is -2.37. The molecule has 12 heteroatoms. The van der Waals surface area contributed by atoms with Crippen molar-refractivity contribution in [1.29, 1.82) is 0 Å². The van der Waals surface area contributed by atoms with Crippen LogP contribution in [-0.4, -0.2) is 94.9 Å². The summed E-state index contributed by atoms with van der Waals surface area (Å²) < 4.78 is 11.1. The number of pyridine rings is 1. The number of methoxy groups -OCH3 is 1. The molecule has 2 fully saturated rings. The van der Waals surface area contributed by atoms with Crippen molar-refractivity contribution in [3.05, 3.63) is 58.3 Å². The van der Waals surface area contributed by atoms with E-state index in [0.717, 1.165) is 69.7 Å². The fourth-order valence-electron chi connectivity index (χ4n) is 5.86. The summed E-state index contributed by atoms with van der Waals surface area (Å²) in [4.78, 5) is 32.6. The maximum absolute atomic E-state index is 11.7. The number of piperazine rings is 1. The molecular formula is C32H40Cl2N6O4. The Labute approximate surface area is 268 Å². The largest absolute Gasteiger partial charge is 0.469 e. The van der Waals surface area contributed by atoms with Crippen molar-refractivity contribution in [3.63, 3.8) is 0 Å². The second kappa shape index (κ2) is 15.3. The van der Waals surface area contributed by atoms with Crippen LogP contribution in [0.25, 0.3) is 11.3 Å². The summed E-state index contributed by atoms with van der Waals surface area (Å²) in [6, 6.07) is 9.70. The van der Waals surface area contributed by atoms with Crippen molar-refractivity contribution in [1.82, 2.24) is 24.8 Å². The number of rotatable bonds is 11. The standard InChI is InChI=1S/C32H40Cl2N6O4/c1-22(5-12-41)39-8-10-40(11-9-39)32-35-19-28(20-36-32)44-30-14-24(13-29(37-30)25-16-26(33)18-27(34)17-25)21-38-6-3-23(4-7-38)15-31(42)43-2/h13-14,16-20,22-23,41H,3-12,15,21H2,1-2H3. The van der Waals surface area contributed by atoms with Crippen molar-refractivity contribution < 1.29 is 19.4 Å². The highest BCUT2D eigenvalue weighted by atomic mass is 35.5. The first-order valence-electron chi connectivity index (χ1n) is 15.2. The molecule has 0 bridgehead atoms. The minimum absolute atomic E-state index is 0.146. The zero-order valence-electron chi connectivity index (χ0n) is 25.3. The molecule has 236 valence electrons. The number of esters is 1. The molecule has 44 heavy (non-hydrogen) atoms. The number of ether oxygens (including phenoxy) is 2. The lowest BCUT2D eigenvalue weighted by atomic mass is 9.93. The lowest BCUT2D eigenvalue weighted by Crippen LogP contribution is -2.50. The maximum atomic E-state index is 11.7. The van der Waals surface area contributed by atoms with E-state index in [0.29, 0.717) is 58.2 Å². The lowest BCUT2D eigenvalue weighted by molar-refractivity contribution is -0.142. The molecule has 3 aromatic rings. The van der Waals surface area contributed by atoms with Crippen LogP contribution in [-0.2, 0) is 16.1 Å². The molecule has 0 spiro atoms. The van der Waals surface area contributed by atoms with E-state index < -0.39 is 0 Å². The number of aromatic nitrogens is 3. The number of hydrogen-bond donors (Lipinski definition) is 1. The highest BCUT2D eigenvalue weighted by Gasteiger charge is 2.24. The molecule has 0 aliphatic carbocycles. The predicted molar refractivity (Wildman–Crippen MR) is 171 cm³/mol. The molecule has 1 unspecified atom stereocenters. The van der Waals surface area contributed by atoms with Gasteiger partial charge in [0.2, 0.25) is 11.8 Å². The number of halogens is 2. The summed E-state index contributed by atoms with van der Waals surface area (Å²) in [6.07, 6.45) is 6.50. The molecule has 10 nitrogen and oxygen atoms in total. The van der Waals surface area contributed by atoms with E-state index in [1.54, 1.807) is 18.5 Å². The molecule has 4 heterocycles. The molecule has 1 atom stereocenters. The van der Waals surface area contributed by atoms with Gasteiger partial charge in [-0.25, -0.2) is 15.0 Å². The summed E-state index contributed by atoms with van der Waals surface area (Å²) in [5.41, 5.74) is 2.54. The Morgan fingerprint density at radius 1 is 1.00 bits per heavy atom. The van der Waals surface area contributed by atoms with E-state index in [1.165, 1.54) is 7.11 Å². The molecule has 2 aromatic heterocycles. The topological polar surface area (TPSA) is 104 Å². The number of piperidine rings is 1. The van der Waals surface area contributed by atoms with Gasteiger partial charge in [0.1, 0.15) is 0 Å². The molecule has 2 aliphatic rings. The van der Waals surface area contributed by atoms with Gasteiger partial charge in [0.05, 0.1) is 25.2 Å². The molecule has 0 amide bonds. The van der Waals surface area contributed by atoms with Crippen molar-refractivity contribution in [2.24, 2.45) is 5.92 Å². The third kappa shape index (κ3) is 8.79. The molecule has 2 aliphatic heterocycles. The average Bonchev–Trinajstić information content (AvgIpc) is 3.02. The summed E-state index contributed by atoms with van der Waals surface area (Å²) in [5.74, 6) is 1.79. The monoisotopic (exact) mass is 642 g/mol. The van der Waals surface area contributed by atoms with Gasteiger partial charge in [0, 0.05) is 73.5 Å². The molecule has 0 saturated carbocycles. The number of aliphatic hydroxyl groups is 1. The number of nitrogens with zero attached hydrogens (tertiary/aromatic N) is 6. The van der Waals surface area contributed by atoms with Gasteiger partial charge in [-0.15, -0.1) is 0 Å². The van der Waals surface area contributed by atoms with Crippen LogP contribution in [0.15, 0.2) is 42.7 Å². The number of benzene rings is 1. The van der Waals surface area contributed by atoms with E-state index in [2.05, 4.69) is 31.6 Å². The zero-order valence-corrected chi connectivity index (χ0v) is 26.8. The number of aliphatic hydroxyl groups excluding tert-OH is 1. The van der Waals surface area contributed by atoms with Crippen molar-refractivity contribution in [2.75, 3.05) is 57.9 Å². The third-order valence-electron chi connectivity index (χ3n) is 8.42. The van der Waals surface area contributed by atoms with Crippen LogP contribution in [0.2, 0.25) is 10.0 Å². The third-order valence-corrected chi connectivity index (χ3v) is 8.86. The molecule has 1 N–H and O–H groups in total. The highest BCUT2D eigenvalue weighted by molar-refractivity contribution is 6.35. The Hall–Kier alpha value is -3.02. The van der Waals surface area contributed by atoms with Gasteiger partial charge in [-0.05, 0) is 75.0 Å². The van der Waals surface area contributed by atoms with Crippen LogP contribution in [0.5, 0.6) is 11.6 Å². The van der Waals surface area contributed by atoms with E-state index in [4.69, 9.17) is 37.7 Å². The molecule has 5 rings (SSSR count). The summed E-state index contributed by atoms with van der Waals surface area (Å²) in [6.45, 7) is 8.30. The van der Waals surface area contributed by atoms with Gasteiger partial charge in [-0.3, -0.25) is 14.6 Å². The smallest absolute Gasteiger partial charge is 0.305 e. The molecule has 0 radical (unpaired) electrons. The Morgan fingerprint density at radius 3 is 2.32 bits per heavy atom. The number of carbonyl (C=O) groups is 1. The number of likely N-dealkylation sites (tertiary alicyclic amines) is 1. The number of anilines is 1. The van der Waals surface area contributed by atoms with Crippen molar-refractivity contribution in [3.8, 4) is 22.9 Å². The Balaban J connectivity index is 1.28. The van der Waals surface area contributed by atoms with Crippen LogP contribution >= 0.6 is 23.2 Å². The van der Waals surface area contributed by atoms with Gasteiger partial charge in [-0.1, -0.05) is 23.2 Å². The van der Waals surface area contributed by atoms with E-state index in [1.807, 2.05) is 24.3 Å². The van der Waals surface area contributed by atoms with E-state index in [9.17, 15) is 9.90 Å². The van der Waals surface area contributed by atoms with Crippen LogP contribution < -0.4 is 9.64 Å². The van der Waals surface area contributed by atoms with Gasteiger partial charge < -0.3 is 19.5 Å². The van der Waals surface area contributed by atoms with Crippen molar-refractivity contribution in [2.45, 2.75) is 45.2 Å². The minimum Gasteiger partial charge on any atom is -0.469 e. The highest BCUT2D eigenvalue weighted by Crippen LogP contribution is 2.31. The Morgan fingerprint density at radius 2 is 1.68 bits per heavy atom. The van der Waals surface area contributed by atoms with Gasteiger partial charge in [0.15, 0.2) is 5.75 Å². The fourth-order valence-corrected chi connectivity index (χ4v) is 6.38. The second-order valence-electron chi connectivity index (χ2n) is 11.6. The zero-order chi connectivity index (χ0) is 31.1. The van der Waals surface area contributed by atoms with Crippen LogP contribution in [0, 0.1) is 5.92 Å². The first-order chi connectivity index (χ1) is 21.3. The van der Waals surface area contributed by atoms with Crippen LogP contribution in [0.3, 0.4) is 0 Å². The SMILES string of the molecule is COC(=O)CC1CCN(Cc2cc(Oc3cnc(N4CCN(C(C)CCO)CC4)nc3)nc(-c3cc(Cl)cc(Cl)c3)c2)CC1. The van der Waals surface area contributed by atoms with Crippen molar-refractivity contribution >= 4 is 35.1 Å². The molecule has 1 aromatic carbocycles. The number of hydrogen-bond acceptors (Lipinski definition) is 10. The normalized spacial score (nSPS) is 17.4. The van der Waals surface area contributed by atoms with Gasteiger partial charge >= 0.3 is 5.97 Å². The first kappa shape index (κ1) is 32.4. The molecule has 2 saturated heterocycles. The average molecular weight is 644 g/mol. The summed E-state index contributed by atoms with van der Waals surface area (Å²) in [5, 5.41) is 10.3. The first-order valence-corrected chi connectivity index (χ1v) is 15.9.